The minimum absolute atomic E-state index is 0.661. The molecule has 0 N–H and O–H groups in total. The Balaban J connectivity index is 0.000000526. The summed E-state index contributed by atoms with van der Waals surface area (Å²) >= 11 is 0. The lowest BCUT2D eigenvalue weighted by molar-refractivity contribution is 0.295. The van der Waals surface area contributed by atoms with Gasteiger partial charge >= 0.3 is 0 Å². The Kier molecular flexibility index (Phi) is 4.88. The smallest absolute Gasteiger partial charge is 0.229 e. The quantitative estimate of drug-likeness (QED) is 0.655. The van der Waals surface area contributed by atoms with Crippen molar-refractivity contribution in [3.05, 3.63) is 48.0 Å². The van der Waals surface area contributed by atoms with Gasteiger partial charge in [-0.2, -0.15) is 0 Å². The van der Waals surface area contributed by atoms with Crippen LogP contribution in [0.4, 0.5) is 8.78 Å². The van der Waals surface area contributed by atoms with E-state index in [9.17, 15) is 8.78 Å². The molecule has 1 saturated carbocycles. The first-order valence-corrected chi connectivity index (χ1v) is 8.15. The van der Waals surface area contributed by atoms with Gasteiger partial charge in [0.25, 0.3) is 0 Å². The van der Waals surface area contributed by atoms with Crippen molar-refractivity contribution in [2.75, 3.05) is 6.93 Å². The maximum atomic E-state index is 9.62. The molecule has 0 unspecified atom stereocenters. The number of nitrogens with zero attached hydrogens (tertiary/aromatic N) is 3. The number of pyridine rings is 1. The zero-order valence-electron chi connectivity index (χ0n) is 14.0. The zero-order chi connectivity index (χ0) is 17.1. The van der Waals surface area contributed by atoms with E-state index in [1.165, 1.54) is 36.0 Å². The van der Waals surface area contributed by atoms with Crippen molar-refractivity contribution in [2.45, 2.75) is 32.1 Å². The molecule has 3 aromatic rings. The molecule has 0 atom stereocenters. The fourth-order valence-electron chi connectivity index (χ4n) is 3.05. The van der Waals surface area contributed by atoms with E-state index < -0.39 is 6.93 Å². The van der Waals surface area contributed by atoms with Crippen LogP contribution in [0.5, 0.6) is 0 Å². The summed E-state index contributed by atoms with van der Waals surface area (Å²) in [7, 11) is 2.11. The van der Waals surface area contributed by atoms with Gasteiger partial charge in [-0.15, -0.1) is 0 Å². The van der Waals surface area contributed by atoms with Gasteiger partial charge in [-0.25, -0.2) is 13.8 Å². The Morgan fingerprint density at radius 3 is 2.54 bits per heavy atom. The van der Waals surface area contributed by atoms with E-state index in [0.29, 0.717) is 5.92 Å². The van der Waals surface area contributed by atoms with Crippen molar-refractivity contribution in [2.24, 2.45) is 7.05 Å². The molecule has 2 heterocycles. The Morgan fingerprint density at radius 1 is 1.12 bits per heavy atom. The topological polar surface area (TPSA) is 30.7 Å². The highest BCUT2D eigenvalue weighted by atomic mass is 19.3. The van der Waals surface area contributed by atoms with E-state index in [-0.39, 0.29) is 0 Å². The second-order valence-electron chi connectivity index (χ2n) is 6.18. The van der Waals surface area contributed by atoms with E-state index in [1.807, 2.05) is 6.92 Å². The Labute approximate surface area is 140 Å². The summed E-state index contributed by atoms with van der Waals surface area (Å²) in [5.41, 5.74) is 4.35. The molecule has 0 bridgehead atoms. The summed E-state index contributed by atoms with van der Waals surface area (Å²) in [6.07, 6.45) is 6.06. The maximum Gasteiger partial charge on any atom is 0.229 e. The van der Waals surface area contributed by atoms with Crippen LogP contribution in [0.3, 0.4) is 0 Å². The first kappa shape index (κ1) is 16.6. The van der Waals surface area contributed by atoms with Gasteiger partial charge < -0.3 is 4.57 Å². The van der Waals surface area contributed by atoms with Gasteiger partial charge in [-0.05, 0) is 38.0 Å². The Morgan fingerprint density at radius 2 is 1.88 bits per heavy atom. The van der Waals surface area contributed by atoms with Crippen molar-refractivity contribution >= 4 is 10.9 Å². The monoisotopic (exact) mass is 329 g/mol. The summed E-state index contributed by atoms with van der Waals surface area (Å²) < 4.78 is 21.4. The predicted octanol–water partition coefficient (Wildman–Crippen LogP) is 5.09. The molecule has 5 heteroatoms. The van der Waals surface area contributed by atoms with Gasteiger partial charge in [0, 0.05) is 35.8 Å². The molecule has 0 amide bonds. The zero-order valence-corrected chi connectivity index (χ0v) is 14.0. The average Bonchev–Trinajstić information content (AvgIpc) is 2.88. The minimum Gasteiger partial charge on any atom is -0.337 e. The van der Waals surface area contributed by atoms with Gasteiger partial charge in [0.1, 0.15) is 5.82 Å². The van der Waals surface area contributed by atoms with E-state index in [1.54, 1.807) is 0 Å². The number of halogens is 2. The maximum absolute atomic E-state index is 9.62. The fraction of sp³-hybridized carbons (Fsp3) is 0.368. The number of fused-ring (bicyclic) bond motifs is 1. The molecule has 24 heavy (non-hydrogen) atoms. The standard InChI is InChI=1S/C18H19N3.CH2F2/c1-12-6-7-14-10-15(8-9-16(14)19-12)17-11-21(2)18(20-17)13-4-3-5-13;2-1-3/h6-11,13H,3-5H2,1-2H3;1H2. The number of aryl methyl sites for hydroxylation is 2. The summed E-state index contributed by atoms with van der Waals surface area (Å²) in [4.78, 5) is 9.43. The summed E-state index contributed by atoms with van der Waals surface area (Å²) in [6, 6.07) is 10.6. The highest BCUT2D eigenvalue weighted by Gasteiger charge is 2.24. The van der Waals surface area contributed by atoms with Crippen molar-refractivity contribution in [3.8, 4) is 11.3 Å². The molecule has 4 rings (SSSR count). The normalized spacial score (nSPS) is 14.2. The van der Waals surface area contributed by atoms with Gasteiger partial charge in [0.15, 0.2) is 0 Å². The molecule has 3 nitrogen and oxygen atoms in total. The van der Waals surface area contributed by atoms with Crippen LogP contribution in [-0.4, -0.2) is 21.5 Å². The second-order valence-corrected chi connectivity index (χ2v) is 6.18. The molecule has 126 valence electrons. The number of benzene rings is 1. The Hall–Kier alpha value is -2.30. The van der Waals surface area contributed by atoms with Crippen LogP contribution < -0.4 is 0 Å². The van der Waals surface area contributed by atoms with Gasteiger partial charge in [0.2, 0.25) is 6.93 Å². The molecule has 0 saturated heterocycles. The number of rotatable bonds is 2. The predicted molar refractivity (Wildman–Crippen MR) is 92.4 cm³/mol. The minimum atomic E-state index is -1.75. The van der Waals surface area contributed by atoms with E-state index in [0.717, 1.165) is 16.9 Å². The average molecular weight is 329 g/mol. The number of hydrogen-bond acceptors (Lipinski definition) is 2. The number of imidazole rings is 1. The molecule has 2 aromatic heterocycles. The van der Waals surface area contributed by atoms with Crippen molar-refractivity contribution in [1.29, 1.82) is 0 Å². The summed E-state index contributed by atoms with van der Waals surface area (Å²) in [5, 5.41) is 1.17. The van der Waals surface area contributed by atoms with E-state index in [4.69, 9.17) is 4.98 Å². The Bertz CT molecular complexity index is 838. The van der Waals surface area contributed by atoms with Crippen LogP contribution >= 0.6 is 0 Å². The number of aromatic nitrogens is 3. The molecular formula is C19H21F2N3. The fourth-order valence-corrected chi connectivity index (χ4v) is 3.05. The third kappa shape index (κ3) is 3.30. The van der Waals surface area contributed by atoms with Gasteiger partial charge in [-0.1, -0.05) is 18.6 Å². The number of alkyl halides is 2. The van der Waals surface area contributed by atoms with Gasteiger partial charge in [0.05, 0.1) is 11.2 Å². The lowest BCUT2D eigenvalue weighted by Gasteiger charge is -2.24. The van der Waals surface area contributed by atoms with Crippen LogP contribution in [0.25, 0.3) is 22.2 Å². The molecule has 0 radical (unpaired) electrons. The largest absolute Gasteiger partial charge is 0.337 e. The molecule has 1 fully saturated rings. The van der Waals surface area contributed by atoms with Crippen LogP contribution in [0, 0.1) is 6.92 Å². The van der Waals surface area contributed by atoms with E-state index >= 15 is 0 Å². The summed E-state index contributed by atoms with van der Waals surface area (Å²) in [6.45, 7) is 0.275. The first-order chi connectivity index (χ1) is 11.6. The third-order valence-corrected chi connectivity index (χ3v) is 4.51. The lowest BCUT2D eigenvalue weighted by atomic mass is 9.85. The molecular weight excluding hydrogens is 308 g/mol. The highest BCUT2D eigenvalue weighted by Crippen LogP contribution is 2.36. The van der Waals surface area contributed by atoms with Crippen LogP contribution in [-0.2, 0) is 7.05 Å². The van der Waals surface area contributed by atoms with Crippen LogP contribution in [0.15, 0.2) is 36.5 Å². The molecule has 0 aliphatic heterocycles. The second kappa shape index (κ2) is 7.07. The van der Waals surface area contributed by atoms with Crippen LogP contribution in [0.2, 0.25) is 0 Å². The van der Waals surface area contributed by atoms with Gasteiger partial charge in [-0.3, -0.25) is 4.98 Å². The van der Waals surface area contributed by atoms with Crippen molar-refractivity contribution in [1.82, 2.24) is 14.5 Å². The SMILES string of the molecule is Cc1ccc2cc(-c3cn(C)c(C4CCC4)n3)ccc2n1.FCF. The third-order valence-electron chi connectivity index (χ3n) is 4.51. The van der Waals surface area contributed by atoms with E-state index in [2.05, 4.69) is 53.1 Å². The van der Waals surface area contributed by atoms with Crippen molar-refractivity contribution < 1.29 is 8.78 Å². The molecule has 1 aliphatic rings. The van der Waals surface area contributed by atoms with Crippen LogP contribution in [0.1, 0.15) is 36.7 Å². The summed E-state index contributed by atoms with van der Waals surface area (Å²) in [5.74, 6) is 1.90. The number of hydrogen-bond donors (Lipinski definition) is 0. The molecule has 0 spiro atoms. The van der Waals surface area contributed by atoms with Crippen molar-refractivity contribution in [3.63, 3.8) is 0 Å². The highest BCUT2D eigenvalue weighted by molar-refractivity contribution is 5.83. The first-order valence-electron chi connectivity index (χ1n) is 8.15. The molecule has 1 aliphatic carbocycles. The lowest BCUT2D eigenvalue weighted by Crippen LogP contribution is -2.13. The molecule has 1 aromatic carbocycles.